The van der Waals surface area contributed by atoms with E-state index in [1.165, 1.54) is 6.92 Å². The van der Waals surface area contributed by atoms with Crippen molar-refractivity contribution >= 4 is 75.8 Å². The molecule has 0 saturated carbocycles. The number of nitrogens with one attached hydrogen (secondary N) is 9. The number of guanidine groups is 1. The van der Waals surface area contributed by atoms with Crippen molar-refractivity contribution in [3.05, 3.63) is 48.0 Å². The van der Waals surface area contributed by atoms with Gasteiger partial charge in [-0.25, -0.2) is 0 Å². The molecule has 0 spiro atoms. The Hall–Kier alpha value is -7.49. The van der Waals surface area contributed by atoms with Crippen LogP contribution in [0, 0.1) is 11.8 Å². The van der Waals surface area contributed by atoms with Gasteiger partial charge in [0, 0.05) is 13.0 Å². The number of aliphatic imine (C=N–C) groups is 1. The molecule has 0 saturated heterocycles. The molecule has 27 heteroatoms. The van der Waals surface area contributed by atoms with Crippen LogP contribution >= 0.6 is 0 Å². The Balaban J connectivity index is 2.64. The van der Waals surface area contributed by atoms with Crippen molar-refractivity contribution in [2.45, 2.75) is 205 Å². The Bertz CT molecular complexity index is 2550. The maximum Gasteiger partial charge on any atom is 0.245 e. The zero-order valence-corrected chi connectivity index (χ0v) is 51.3. The molecule has 0 aliphatic carbocycles. The van der Waals surface area contributed by atoms with Gasteiger partial charge in [0.25, 0.3) is 0 Å². The van der Waals surface area contributed by atoms with E-state index in [2.05, 4.69) is 52.8 Å². The van der Waals surface area contributed by atoms with Crippen LogP contribution in [0.1, 0.15) is 144 Å². The smallest absolute Gasteiger partial charge is 0.245 e. The number of rotatable bonds is 42. The largest absolute Gasteiger partial charge is 0.391 e. The van der Waals surface area contributed by atoms with Gasteiger partial charge in [0.05, 0.1) is 12.6 Å². The molecular formula is C59H100N16O11. The number of aliphatic hydroxyl groups is 1. The number of aliphatic hydroxyl groups excluding tert-OH is 1. The molecule has 0 unspecified atom stereocenters. The second kappa shape index (κ2) is 40.0. The monoisotopic (exact) mass is 1210 g/mol. The summed E-state index contributed by atoms with van der Waals surface area (Å²) >= 11 is 0. The van der Waals surface area contributed by atoms with Gasteiger partial charge >= 0.3 is 0 Å². The lowest BCUT2D eigenvalue weighted by Crippen LogP contribution is -2.62. The van der Waals surface area contributed by atoms with E-state index in [1.807, 2.05) is 64.1 Å². The number of hydrogen-bond donors (Lipinski definition) is 16. The van der Waals surface area contributed by atoms with Crippen LogP contribution in [0.15, 0.2) is 47.5 Å². The van der Waals surface area contributed by atoms with E-state index in [4.69, 9.17) is 34.4 Å². The highest BCUT2D eigenvalue weighted by atomic mass is 16.3. The third kappa shape index (κ3) is 27.7. The third-order valence-corrected chi connectivity index (χ3v) is 14.0. The van der Waals surface area contributed by atoms with Gasteiger partial charge in [-0.15, -0.1) is 0 Å². The fourth-order valence-electron chi connectivity index (χ4n) is 9.45. The van der Waals surface area contributed by atoms with E-state index in [-0.39, 0.29) is 102 Å². The van der Waals surface area contributed by atoms with E-state index >= 15 is 0 Å². The van der Waals surface area contributed by atoms with Crippen molar-refractivity contribution in [1.82, 2.24) is 47.9 Å². The highest BCUT2D eigenvalue weighted by Gasteiger charge is 2.36. The number of hydrogen-bond acceptors (Lipinski definition) is 15. The molecule has 86 heavy (non-hydrogen) atoms. The molecule has 482 valence electrons. The number of primary amides is 1. The van der Waals surface area contributed by atoms with Crippen LogP contribution in [0.2, 0.25) is 0 Å². The third-order valence-electron chi connectivity index (χ3n) is 14.0. The van der Waals surface area contributed by atoms with Gasteiger partial charge in [-0.1, -0.05) is 96.8 Å². The van der Waals surface area contributed by atoms with E-state index in [0.717, 1.165) is 10.8 Å². The van der Waals surface area contributed by atoms with Crippen molar-refractivity contribution in [1.29, 1.82) is 0 Å². The second-order valence-electron chi connectivity index (χ2n) is 22.6. The molecule has 2 aromatic carbocycles. The summed E-state index contributed by atoms with van der Waals surface area (Å²) in [5.74, 6) is -7.88. The molecule has 0 heterocycles. The van der Waals surface area contributed by atoms with Crippen LogP contribution in [0.4, 0.5) is 0 Å². The van der Waals surface area contributed by atoms with Crippen LogP contribution in [0.25, 0.3) is 10.8 Å². The first-order valence-corrected chi connectivity index (χ1v) is 30.1. The Labute approximate surface area is 505 Å². The Kier molecular flexibility index (Phi) is 34.7. The molecule has 10 atom stereocenters. The zero-order chi connectivity index (χ0) is 64.5. The Morgan fingerprint density at radius 3 is 1.31 bits per heavy atom. The highest BCUT2D eigenvalue weighted by Crippen LogP contribution is 2.18. The molecule has 0 bridgehead atoms. The molecule has 0 aliphatic heterocycles. The minimum Gasteiger partial charge on any atom is -0.391 e. The van der Waals surface area contributed by atoms with Gasteiger partial charge in [0.15, 0.2) is 5.96 Å². The van der Waals surface area contributed by atoms with Crippen molar-refractivity contribution in [3.63, 3.8) is 0 Å². The highest BCUT2D eigenvalue weighted by molar-refractivity contribution is 5.99. The zero-order valence-electron chi connectivity index (χ0n) is 51.3. The quantitative estimate of drug-likeness (QED) is 0.0206. The molecule has 10 amide bonds. The van der Waals surface area contributed by atoms with Crippen LogP contribution in [-0.2, 0) is 54.4 Å². The van der Waals surface area contributed by atoms with Crippen molar-refractivity contribution in [2.75, 3.05) is 26.2 Å². The Morgan fingerprint density at radius 2 is 0.872 bits per heavy atom. The van der Waals surface area contributed by atoms with Crippen LogP contribution in [-0.4, -0.2) is 157 Å². The lowest BCUT2D eigenvalue weighted by molar-refractivity contribution is -0.137. The van der Waals surface area contributed by atoms with Crippen LogP contribution in [0.5, 0.6) is 0 Å². The summed E-state index contributed by atoms with van der Waals surface area (Å²) in [5.41, 5.74) is 34.6. The average Bonchev–Trinajstić information content (AvgIpc) is 3.59. The molecule has 0 aliphatic rings. The number of nitrogens with two attached hydrogens (primary N) is 6. The first-order valence-electron chi connectivity index (χ1n) is 30.1. The van der Waals surface area contributed by atoms with E-state index in [1.54, 1.807) is 19.9 Å². The van der Waals surface area contributed by atoms with E-state index in [0.29, 0.717) is 44.1 Å². The summed E-state index contributed by atoms with van der Waals surface area (Å²) in [6.45, 7) is 12.4. The van der Waals surface area contributed by atoms with Gasteiger partial charge in [-0.2, -0.15) is 0 Å². The molecule has 2 aromatic rings. The normalized spacial score (nSPS) is 14.8. The number of carbonyl (C=O) groups excluding carboxylic acids is 10. The predicted octanol–water partition coefficient (Wildman–Crippen LogP) is -1.43. The number of unbranched alkanes of at least 4 members (excludes halogenated alkanes) is 2. The Morgan fingerprint density at radius 1 is 0.465 bits per heavy atom. The van der Waals surface area contributed by atoms with Crippen LogP contribution in [0.3, 0.4) is 0 Å². The average molecular weight is 1210 g/mol. The first kappa shape index (κ1) is 74.6. The fraction of sp³-hybridized carbons (Fsp3) is 0.644. The van der Waals surface area contributed by atoms with Gasteiger partial charge in [0.1, 0.15) is 54.4 Å². The van der Waals surface area contributed by atoms with Gasteiger partial charge in [-0.05, 0) is 125 Å². The van der Waals surface area contributed by atoms with Crippen molar-refractivity contribution in [2.24, 2.45) is 51.2 Å². The molecule has 2 rings (SSSR count). The first-order chi connectivity index (χ1) is 40.8. The van der Waals surface area contributed by atoms with Gasteiger partial charge in [0.2, 0.25) is 59.1 Å². The summed E-state index contributed by atoms with van der Waals surface area (Å²) < 4.78 is 0. The lowest BCUT2D eigenvalue weighted by atomic mass is 9.99. The van der Waals surface area contributed by atoms with Crippen LogP contribution < -0.4 is 82.3 Å². The summed E-state index contributed by atoms with van der Waals surface area (Å²) in [4.78, 5) is 142. The topological polar surface area (TPSA) is 468 Å². The predicted molar refractivity (Wildman–Crippen MR) is 329 cm³/mol. The van der Waals surface area contributed by atoms with Crippen molar-refractivity contribution < 1.29 is 53.1 Å². The number of carbonyl (C=O) groups is 10. The van der Waals surface area contributed by atoms with E-state index in [9.17, 15) is 53.1 Å². The number of benzene rings is 2. The van der Waals surface area contributed by atoms with Gasteiger partial charge < -0.3 is 87.4 Å². The molecule has 0 aromatic heterocycles. The maximum absolute atomic E-state index is 14.9. The summed E-state index contributed by atoms with van der Waals surface area (Å²) in [6, 6.07) is 1.43. The standard InChI is InChI=1S/C59H100N16O11/c1-8-17-40(68-56(84)46(30-35(5)6)67-48(77)33-62)51(79)69-42(21-12-14-26-60)53(81)70-44(23-16-28-66-59(64)65)54(82)74-47(32-37-24-25-38-19-10-11-20-39(38)31-37)57(85)71-43(22-13-15-27-61)55(83)75-49(36(7)76)58(86)72-41(18-9-2)52(80)73-45(50(63)78)29-34(3)4/h10-11,19-20,24-25,31,34-36,40-47,49,76H,8-9,12-18,21-23,26-30,32-33,60-62H2,1-7H3,(H2,63,78)(H,67,77)(H,68,84)(H,69,79)(H,70,81)(H,71,85)(H,72,86)(H,73,80)(H,74,82)(H,75,83)(H4,64,65,66)/t36-,40+,41+,42+,43+,44+,45+,46+,47+,49+/m1/s1. The maximum atomic E-state index is 14.9. The number of nitrogens with zero attached hydrogens (tertiary/aromatic N) is 1. The van der Waals surface area contributed by atoms with E-state index < -0.39 is 120 Å². The summed E-state index contributed by atoms with van der Waals surface area (Å²) in [5, 5.41) is 36.8. The fourth-order valence-corrected chi connectivity index (χ4v) is 9.45. The number of amides is 10. The molecular weight excluding hydrogens is 1110 g/mol. The molecule has 0 fully saturated rings. The molecule has 0 radical (unpaired) electrons. The van der Waals surface area contributed by atoms with Gasteiger partial charge in [-0.3, -0.25) is 52.9 Å². The summed E-state index contributed by atoms with van der Waals surface area (Å²) in [7, 11) is 0. The second-order valence-corrected chi connectivity index (χ2v) is 22.6. The molecule has 27 nitrogen and oxygen atoms in total. The lowest BCUT2D eigenvalue weighted by Gasteiger charge is -2.29. The minimum atomic E-state index is -1.65. The summed E-state index contributed by atoms with van der Waals surface area (Å²) in [6.07, 6.45) is 1.64. The SMILES string of the molecule is CCC[C@H](NC(=O)[C@H](CC(C)C)NC(=O)CN)C(=O)N[C@@H](CCCCN)C(=O)N[C@@H](CCCN=C(N)N)C(=O)N[C@@H](Cc1ccc2ccccc2c1)C(=O)N[C@@H](CCCCN)C(=O)N[C@H](C(=O)N[C@@H](CCC)C(=O)N[C@@H](CC(C)C)C(N)=O)[C@@H](C)O. The number of fused-ring (bicyclic) bond motifs is 1. The molecule has 22 N–H and O–H groups in total. The van der Waals surface area contributed by atoms with Crippen molar-refractivity contribution in [3.8, 4) is 0 Å². The minimum absolute atomic E-state index is 0.00953.